The van der Waals surface area contributed by atoms with Gasteiger partial charge in [-0.05, 0) is 11.0 Å². The van der Waals surface area contributed by atoms with Crippen LogP contribution in [0.2, 0.25) is 0 Å². The first-order valence-electron chi connectivity index (χ1n) is 13.7. The predicted octanol–water partition coefficient (Wildman–Crippen LogP) is 8.14. The fraction of sp³-hybridized carbons (Fsp3) is 0.189. The van der Waals surface area contributed by atoms with Crippen LogP contribution < -0.4 is 9.81 Å². The van der Waals surface area contributed by atoms with Crippen LogP contribution in [-0.2, 0) is 5.41 Å². The minimum absolute atomic E-state index is 0.189. The van der Waals surface area contributed by atoms with Crippen molar-refractivity contribution in [2.24, 2.45) is 0 Å². The van der Waals surface area contributed by atoms with Crippen LogP contribution >= 0.6 is 11.8 Å². The van der Waals surface area contributed by atoms with Crippen LogP contribution in [0.5, 0.6) is 0 Å². The van der Waals surface area contributed by atoms with Gasteiger partial charge in [0.05, 0.1) is 0 Å². The van der Waals surface area contributed by atoms with Gasteiger partial charge in [0.15, 0.2) is 0 Å². The van der Waals surface area contributed by atoms with Gasteiger partial charge in [0.1, 0.15) is 0 Å². The number of thioether (sulfide) groups is 1. The summed E-state index contributed by atoms with van der Waals surface area (Å²) in [4.78, 5) is 2.62. The van der Waals surface area contributed by atoms with E-state index >= 15 is 0 Å². The molecule has 0 fully saturated rings. The molecular weight excluding hydrogens is 685 g/mol. The molecule has 1 aliphatic carbocycles. The Morgan fingerprint density at radius 3 is 1.62 bits per heavy atom. The summed E-state index contributed by atoms with van der Waals surface area (Å²) in [5.41, 5.74) is 6.83. The normalized spacial score (nSPS) is 14.6. The van der Waals surface area contributed by atoms with Crippen molar-refractivity contribution in [3.8, 4) is 0 Å². The molecule has 0 radical (unpaired) electrons. The van der Waals surface area contributed by atoms with Crippen molar-refractivity contribution in [3.63, 3.8) is 0 Å². The molecule has 0 atom stereocenters. The van der Waals surface area contributed by atoms with E-state index in [0.29, 0.717) is 0 Å². The molecule has 0 unspecified atom stereocenters. The third-order valence-electron chi connectivity index (χ3n) is 7.04. The Kier molecular flexibility index (Phi) is 8.75. The van der Waals surface area contributed by atoms with Crippen molar-refractivity contribution in [1.82, 2.24) is 0 Å². The molecule has 0 aliphatic heterocycles. The number of aryl methyl sites for hydroxylation is 2. The molecule has 0 aromatic heterocycles. The number of hydrogen-bond donors (Lipinski definition) is 0. The summed E-state index contributed by atoms with van der Waals surface area (Å²) in [6, 6.07) is 36.9. The molecule has 0 heterocycles. The summed E-state index contributed by atoms with van der Waals surface area (Å²) >= 11 is -0.467. The summed E-state index contributed by atoms with van der Waals surface area (Å²) in [7, 11) is 0. The number of rotatable bonds is 6. The molecule has 0 saturated heterocycles. The van der Waals surface area contributed by atoms with Crippen molar-refractivity contribution in [1.29, 1.82) is 0 Å². The quantitative estimate of drug-likeness (QED) is 0.181. The maximum absolute atomic E-state index is 2.39. The van der Waals surface area contributed by atoms with E-state index in [1.807, 2.05) is 11.8 Å². The Morgan fingerprint density at radius 1 is 0.641 bits per heavy atom. The molecule has 0 spiro atoms. The van der Waals surface area contributed by atoms with Crippen LogP contribution in [-0.4, -0.2) is 21.8 Å². The van der Waals surface area contributed by atoms with Gasteiger partial charge in [-0.3, -0.25) is 0 Å². The summed E-state index contributed by atoms with van der Waals surface area (Å²) in [6.07, 6.45) is 10.2. The fourth-order valence-corrected chi connectivity index (χ4v) is 14.2. The number of hydrogen-bond acceptors (Lipinski definition) is 1. The Morgan fingerprint density at radius 2 is 1.15 bits per heavy atom. The molecule has 1 aliphatic rings. The van der Waals surface area contributed by atoms with E-state index in [1.165, 1.54) is 47.4 Å². The Balaban J connectivity index is 1.28. The van der Waals surface area contributed by atoms with E-state index in [9.17, 15) is 0 Å². The first-order chi connectivity index (χ1) is 18.7. The van der Waals surface area contributed by atoms with Gasteiger partial charge >= 0.3 is 205 Å². The molecule has 2 heteroatoms. The predicted molar refractivity (Wildman–Crippen MR) is 174 cm³/mol. The molecule has 0 bridgehead atoms. The fourth-order valence-electron chi connectivity index (χ4n) is 4.65. The van der Waals surface area contributed by atoms with E-state index in [4.69, 9.17) is 0 Å². The van der Waals surface area contributed by atoms with E-state index in [0.717, 1.165) is 6.42 Å². The molecular formula is C37H37BiS. The van der Waals surface area contributed by atoms with E-state index < -0.39 is 21.8 Å². The molecule has 196 valence electrons. The molecule has 0 saturated carbocycles. The van der Waals surface area contributed by atoms with Gasteiger partial charge in [-0.15, -0.1) is 0 Å². The first-order valence-corrected chi connectivity index (χ1v) is 19.7. The zero-order valence-electron chi connectivity index (χ0n) is 23.6. The van der Waals surface area contributed by atoms with Crippen LogP contribution in [0.1, 0.15) is 49.4 Å². The third kappa shape index (κ3) is 7.30. The van der Waals surface area contributed by atoms with E-state index in [2.05, 4.69) is 156 Å². The average Bonchev–Trinajstić information content (AvgIpc) is 2.93. The molecule has 4 aromatic carbocycles. The van der Waals surface area contributed by atoms with E-state index in [-0.39, 0.29) is 5.41 Å². The van der Waals surface area contributed by atoms with Crippen molar-refractivity contribution >= 4 is 49.4 Å². The van der Waals surface area contributed by atoms with Crippen LogP contribution in [0.15, 0.2) is 131 Å². The zero-order valence-corrected chi connectivity index (χ0v) is 27.9. The SMILES string of the molecule is Cc1cc[c]([Bi]([c]2ccc(C)cc2)[c]2ccc(SC3=CCC(=Cc4ccc(C(C)(C)C)cc4)C=C3)cc2)cc1. The van der Waals surface area contributed by atoms with Crippen LogP contribution in [0.3, 0.4) is 0 Å². The molecule has 39 heavy (non-hydrogen) atoms. The summed E-state index contributed by atoms with van der Waals surface area (Å²) in [5.74, 6) is 0. The monoisotopic (exact) mass is 722 g/mol. The second-order valence-corrected chi connectivity index (χ2v) is 21.1. The molecule has 0 nitrogen and oxygen atoms in total. The minimum atomic E-state index is -2.33. The molecule has 4 aromatic rings. The van der Waals surface area contributed by atoms with Gasteiger partial charge in [0.25, 0.3) is 0 Å². The second-order valence-electron chi connectivity index (χ2n) is 11.3. The van der Waals surface area contributed by atoms with Crippen LogP contribution in [0, 0.1) is 13.8 Å². The van der Waals surface area contributed by atoms with Crippen molar-refractivity contribution in [2.75, 3.05) is 0 Å². The van der Waals surface area contributed by atoms with Crippen LogP contribution in [0.4, 0.5) is 0 Å². The Bertz CT molecular complexity index is 1450. The Labute approximate surface area is 247 Å². The summed E-state index contributed by atoms with van der Waals surface area (Å²) < 4.78 is 4.59. The van der Waals surface area contributed by atoms with Gasteiger partial charge in [0.2, 0.25) is 0 Å². The number of allylic oxidation sites excluding steroid dienone is 4. The first kappa shape index (κ1) is 27.9. The average molecular weight is 723 g/mol. The standard InChI is InChI=1S/C23H23S.2C7H7.Bi/c1-23(2,3)20-13-9-18(10-14-20)17-19-11-15-22(16-12-19)24-21-7-5-4-6-8-21;2*1-7-5-3-2-4-6-7;/h5-11,13-17H,12H2,1-3H3;2*3-6H,1H3;. The summed E-state index contributed by atoms with van der Waals surface area (Å²) in [5, 5.41) is 0. The van der Waals surface area contributed by atoms with Gasteiger partial charge in [0, 0.05) is 0 Å². The summed E-state index contributed by atoms with van der Waals surface area (Å²) in [6.45, 7) is 11.1. The topological polar surface area (TPSA) is 0 Å². The maximum atomic E-state index is 2.39. The molecule has 0 N–H and O–H groups in total. The second kappa shape index (κ2) is 12.2. The van der Waals surface area contributed by atoms with Crippen molar-refractivity contribution in [2.45, 2.75) is 51.3 Å². The Hall–Kier alpha value is -2.67. The molecule has 0 amide bonds. The van der Waals surface area contributed by atoms with Crippen molar-refractivity contribution < 1.29 is 0 Å². The van der Waals surface area contributed by atoms with Crippen molar-refractivity contribution in [3.05, 3.63) is 148 Å². The molecule has 5 rings (SSSR count). The zero-order chi connectivity index (χ0) is 27.4. The van der Waals surface area contributed by atoms with E-state index in [1.54, 1.807) is 0 Å². The van der Waals surface area contributed by atoms with Crippen LogP contribution in [0.25, 0.3) is 6.08 Å². The van der Waals surface area contributed by atoms with Gasteiger partial charge in [-0.2, -0.15) is 0 Å². The number of benzene rings is 4. The van der Waals surface area contributed by atoms with Gasteiger partial charge in [-0.25, -0.2) is 0 Å². The third-order valence-corrected chi connectivity index (χ3v) is 17.6. The van der Waals surface area contributed by atoms with Gasteiger partial charge < -0.3 is 0 Å². The van der Waals surface area contributed by atoms with Gasteiger partial charge in [-0.1, -0.05) is 32.9 Å².